The zero-order valence-corrected chi connectivity index (χ0v) is 24.7. The van der Waals surface area contributed by atoms with Gasteiger partial charge in [-0.15, -0.1) is 11.3 Å². The first-order valence-corrected chi connectivity index (χ1v) is 16.6. The molecule has 1 aliphatic carbocycles. The molecule has 1 N–H and O–H groups in total. The number of benzene rings is 1. The molecule has 1 saturated carbocycles. The second-order valence-corrected chi connectivity index (χ2v) is 14.2. The van der Waals surface area contributed by atoms with Crippen LogP contribution in [-0.4, -0.2) is 73.1 Å². The van der Waals surface area contributed by atoms with Gasteiger partial charge in [-0.05, 0) is 48.9 Å². The van der Waals surface area contributed by atoms with Crippen LogP contribution in [0.25, 0.3) is 10.4 Å². The SMILES string of the molecule is O=C(O)c1sc(-c2ccccc2)cc1N1C(=O)CN(S(=O)(=O)c2ccc(N3CC[C@H](F)C3)nc2)CC1C1CCCCC1. The minimum Gasteiger partial charge on any atom is -0.477 e. The summed E-state index contributed by atoms with van der Waals surface area (Å²) in [4.78, 5) is 34.7. The number of carboxylic acids is 1. The van der Waals surface area contributed by atoms with E-state index in [4.69, 9.17) is 0 Å². The summed E-state index contributed by atoms with van der Waals surface area (Å²) in [6.07, 6.45) is 5.46. The van der Waals surface area contributed by atoms with E-state index < -0.39 is 40.7 Å². The molecule has 3 aliphatic rings. The van der Waals surface area contributed by atoms with Gasteiger partial charge in [0.25, 0.3) is 0 Å². The van der Waals surface area contributed by atoms with Crippen molar-refractivity contribution in [2.24, 2.45) is 5.92 Å². The topological polar surface area (TPSA) is 111 Å². The molecule has 1 aromatic carbocycles. The van der Waals surface area contributed by atoms with Gasteiger partial charge < -0.3 is 14.9 Å². The van der Waals surface area contributed by atoms with Crippen LogP contribution < -0.4 is 9.80 Å². The first kappa shape index (κ1) is 28.8. The number of amides is 1. The van der Waals surface area contributed by atoms with Crippen molar-refractivity contribution in [3.8, 4) is 10.4 Å². The molecule has 4 heterocycles. The molecule has 6 rings (SSSR count). The van der Waals surface area contributed by atoms with E-state index in [1.807, 2.05) is 30.3 Å². The summed E-state index contributed by atoms with van der Waals surface area (Å²) in [6.45, 7) is 0.405. The van der Waals surface area contributed by atoms with E-state index in [0.29, 0.717) is 24.5 Å². The Hall–Kier alpha value is -3.35. The van der Waals surface area contributed by atoms with Gasteiger partial charge in [-0.2, -0.15) is 4.31 Å². The fraction of sp³-hybridized carbons (Fsp3) is 0.433. The summed E-state index contributed by atoms with van der Waals surface area (Å²) < 4.78 is 42.5. The minimum absolute atomic E-state index is 0.0287. The van der Waals surface area contributed by atoms with E-state index in [2.05, 4.69) is 4.98 Å². The van der Waals surface area contributed by atoms with Crippen molar-refractivity contribution >= 4 is 44.7 Å². The molecule has 222 valence electrons. The number of sulfonamides is 1. The average molecular weight is 613 g/mol. The Bertz CT molecular complexity index is 1560. The van der Waals surface area contributed by atoms with Crippen LogP contribution in [0, 0.1) is 5.92 Å². The highest BCUT2D eigenvalue weighted by Gasteiger charge is 2.44. The lowest BCUT2D eigenvalue weighted by atomic mass is 9.82. The Kier molecular flexibility index (Phi) is 8.03. The maximum Gasteiger partial charge on any atom is 0.348 e. The van der Waals surface area contributed by atoms with Crippen molar-refractivity contribution in [2.45, 2.75) is 55.6 Å². The molecule has 3 fully saturated rings. The van der Waals surface area contributed by atoms with Gasteiger partial charge in [0.15, 0.2) is 0 Å². The number of carbonyl (C=O) groups excluding carboxylic acids is 1. The van der Waals surface area contributed by atoms with Crippen molar-refractivity contribution in [3.05, 3.63) is 59.6 Å². The first-order chi connectivity index (χ1) is 20.2. The normalized spacial score (nSPS) is 22.5. The van der Waals surface area contributed by atoms with E-state index >= 15 is 0 Å². The van der Waals surface area contributed by atoms with E-state index in [0.717, 1.165) is 53.9 Å². The summed E-state index contributed by atoms with van der Waals surface area (Å²) in [5, 5.41) is 10.1. The van der Waals surface area contributed by atoms with Crippen molar-refractivity contribution in [1.29, 1.82) is 0 Å². The van der Waals surface area contributed by atoms with Gasteiger partial charge in [0.05, 0.1) is 24.8 Å². The van der Waals surface area contributed by atoms with Crippen LogP contribution in [0.15, 0.2) is 59.6 Å². The number of alkyl halides is 1. The summed E-state index contributed by atoms with van der Waals surface area (Å²) in [6, 6.07) is 13.7. The second-order valence-electron chi connectivity index (χ2n) is 11.2. The number of aromatic carboxylic acids is 1. The molecule has 2 aliphatic heterocycles. The Morgan fingerprint density at radius 1 is 1.02 bits per heavy atom. The van der Waals surface area contributed by atoms with Crippen LogP contribution in [0.5, 0.6) is 0 Å². The third-order valence-corrected chi connectivity index (χ3v) is 11.5. The highest BCUT2D eigenvalue weighted by molar-refractivity contribution is 7.89. The number of rotatable bonds is 7. The zero-order chi connectivity index (χ0) is 29.4. The molecule has 2 aromatic heterocycles. The van der Waals surface area contributed by atoms with Gasteiger partial charge in [-0.1, -0.05) is 49.6 Å². The quantitative estimate of drug-likeness (QED) is 0.398. The van der Waals surface area contributed by atoms with Crippen LogP contribution in [0.2, 0.25) is 0 Å². The monoisotopic (exact) mass is 612 g/mol. The molecule has 1 unspecified atom stereocenters. The van der Waals surface area contributed by atoms with Crippen LogP contribution in [0.4, 0.5) is 15.9 Å². The van der Waals surface area contributed by atoms with Crippen LogP contribution in [0.1, 0.15) is 48.2 Å². The third-order valence-electron chi connectivity index (χ3n) is 8.53. The number of carbonyl (C=O) groups is 2. The van der Waals surface area contributed by atoms with Crippen LogP contribution in [0.3, 0.4) is 0 Å². The van der Waals surface area contributed by atoms with Crippen LogP contribution >= 0.6 is 11.3 Å². The lowest BCUT2D eigenvalue weighted by Crippen LogP contribution is -2.60. The summed E-state index contributed by atoms with van der Waals surface area (Å²) >= 11 is 1.12. The Morgan fingerprint density at radius 3 is 2.43 bits per heavy atom. The number of anilines is 2. The van der Waals surface area contributed by atoms with Gasteiger partial charge in [-0.25, -0.2) is 22.6 Å². The molecule has 9 nitrogen and oxygen atoms in total. The van der Waals surface area contributed by atoms with E-state index in [1.165, 1.54) is 16.6 Å². The molecule has 0 radical (unpaired) electrons. The lowest BCUT2D eigenvalue weighted by Gasteiger charge is -2.44. The predicted octanol–water partition coefficient (Wildman–Crippen LogP) is 5.04. The summed E-state index contributed by atoms with van der Waals surface area (Å²) in [5.74, 6) is -1.02. The molecular formula is C30H33FN4O5S2. The van der Waals surface area contributed by atoms with E-state index in [1.54, 1.807) is 21.9 Å². The number of hydrogen-bond donors (Lipinski definition) is 1. The molecule has 2 saturated heterocycles. The number of nitrogens with zero attached hydrogens (tertiary/aromatic N) is 4. The van der Waals surface area contributed by atoms with E-state index in [9.17, 15) is 27.5 Å². The number of halogens is 1. The standard InChI is InChI=1S/C30H33FN4O5S2/c31-22-13-14-33(17-22)27-12-11-23(16-32-27)42(39,40)34-18-25(20-7-3-1-4-8-20)35(28(36)19-34)24-15-26(41-29(24)30(37)38)21-9-5-2-6-10-21/h2,5-6,9-12,15-16,20,22,25H,1,3-4,7-8,13-14,17-19H2,(H,37,38)/t22-,25?/m0/s1. The Balaban J connectivity index is 1.33. The molecule has 1 amide bonds. The van der Waals surface area contributed by atoms with Crippen molar-refractivity contribution in [1.82, 2.24) is 9.29 Å². The average Bonchev–Trinajstić information content (AvgIpc) is 3.65. The van der Waals surface area contributed by atoms with Crippen LogP contribution in [-0.2, 0) is 14.8 Å². The Labute approximate surface area is 248 Å². The first-order valence-electron chi connectivity index (χ1n) is 14.3. The van der Waals surface area contributed by atoms with Gasteiger partial charge in [0.1, 0.15) is 21.8 Å². The fourth-order valence-corrected chi connectivity index (χ4v) is 8.73. The minimum atomic E-state index is -4.07. The number of aromatic nitrogens is 1. The lowest BCUT2D eigenvalue weighted by molar-refractivity contribution is -0.121. The molecule has 42 heavy (non-hydrogen) atoms. The fourth-order valence-electron chi connectivity index (χ4n) is 6.39. The molecule has 3 aromatic rings. The maximum atomic E-state index is 13.9. The van der Waals surface area contributed by atoms with Crippen molar-refractivity contribution < 1.29 is 27.5 Å². The molecule has 12 heteroatoms. The number of piperazine rings is 1. The number of carboxylic acid groups (broad SMARTS) is 1. The highest BCUT2D eigenvalue weighted by atomic mass is 32.2. The smallest absolute Gasteiger partial charge is 0.348 e. The second kappa shape index (κ2) is 11.7. The number of thiophene rings is 1. The van der Waals surface area contributed by atoms with Crippen molar-refractivity contribution in [3.63, 3.8) is 0 Å². The number of hydrogen-bond acceptors (Lipinski definition) is 7. The van der Waals surface area contributed by atoms with Crippen molar-refractivity contribution in [2.75, 3.05) is 36.0 Å². The zero-order valence-electron chi connectivity index (χ0n) is 23.1. The molecule has 2 atom stereocenters. The summed E-state index contributed by atoms with van der Waals surface area (Å²) in [7, 11) is -4.07. The number of pyridine rings is 1. The molecule has 0 bridgehead atoms. The van der Waals surface area contributed by atoms with Gasteiger partial charge >= 0.3 is 5.97 Å². The van der Waals surface area contributed by atoms with E-state index in [-0.39, 0.29) is 28.8 Å². The molecule has 0 spiro atoms. The van der Waals surface area contributed by atoms with Gasteiger partial charge in [-0.3, -0.25) is 4.79 Å². The summed E-state index contributed by atoms with van der Waals surface area (Å²) in [5.41, 5.74) is 1.18. The third kappa shape index (κ3) is 5.55. The molecular weight excluding hydrogens is 579 g/mol. The maximum absolute atomic E-state index is 13.9. The van der Waals surface area contributed by atoms with Gasteiger partial charge in [0, 0.05) is 24.2 Å². The highest BCUT2D eigenvalue weighted by Crippen LogP contribution is 2.42. The largest absolute Gasteiger partial charge is 0.477 e. The van der Waals surface area contributed by atoms with Gasteiger partial charge in [0.2, 0.25) is 15.9 Å². The predicted molar refractivity (Wildman–Crippen MR) is 159 cm³/mol. The Morgan fingerprint density at radius 2 is 1.79 bits per heavy atom.